The molecule has 304 valence electrons. The molecule has 5 aromatic carbocycles. The highest BCUT2D eigenvalue weighted by atomic mass is 16.7. The first-order valence-electron chi connectivity index (χ1n) is 20.4. The van der Waals surface area contributed by atoms with Gasteiger partial charge in [0.25, 0.3) is 5.79 Å². The first-order chi connectivity index (χ1) is 29.1. The fourth-order valence-electron chi connectivity index (χ4n) is 11.8. The first kappa shape index (κ1) is 36.7. The Bertz CT molecular complexity index is 2670. The van der Waals surface area contributed by atoms with Gasteiger partial charge in [0, 0.05) is 69.0 Å². The van der Waals surface area contributed by atoms with E-state index in [1.165, 1.54) is 0 Å². The maximum atomic E-state index is 14.3. The van der Waals surface area contributed by atoms with Gasteiger partial charge < -0.3 is 43.4 Å². The third kappa shape index (κ3) is 4.49. The van der Waals surface area contributed by atoms with Crippen molar-refractivity contribution in [1.29, 1.82) is 0 Å². The summed E-state index contributed by atoms with van der Waals surface area (Å²) in [5.41, 5.74) is 3.97. The number of phenols is 1. The van der Waals surface area contributed by atoms with Crippen molar-refractivity contribution in [3.63, 3.8) is 0 Å². The van der Waals surface area contributed by atoms with Gasteiger partial charge in [-0.1, -0.05) is 91.0 Å². The van der Waals surface area contributed by atoms with Gasteiger partial charge in [0.05, 0.1) is 33.2 Å². The summed E-state index contributed by atoms with van der Waals surface area (Å²) in [4.78, 5) is 14.3. The molecule has 1 saturated carbocycles. The lowest BCUT2D eigenvalue weighted by Crippen LogP contribution is -2.58. The molecule has 5 aromatic rings. The number of hydrogen-bond acceptors (Lipinski definition) is 10. The monoisotopic (exact) mass is 804 g/mol. The topological polar surface area (TPSA) is 122 Å². The van der Waals surface area contributed by atoms with Crippen molar-refractivity contribution in [3.8, 4) is 34.5 Å². The molecule has 6 aliphatic rings. The van der Waals surface area contributed by atoms with E-state index < -0.39 is 40.7 Å². The number of benzene rings is 5. The zero-order valence-corrected chi connectivity index (χ0v) is 33.9. The second-order valence-electron chi connectivity index (χ2n) is 16.6. The van der Waals surface area contributed by atoms with Crippen LogP contribution in [0.25, 0.3) is 0 Å². The van der Waals surface area contributed by atoms with Crippen molar-refractivity contribution in [2.45, 2.75) is 56.2 Å². The third-order valence-corrected chi connectivity index (χ3v) is 14.1. The van der Waals surface area contributed by atoms with Crippen molar-refractivity contribution in [1.82, 2.24) is 0 Å². The van der Waals surface area contributed by atoms with Gasteiger partial charge in [-0.05, 0) is 32.3 Å². The van der Waals surface area contributed by atoms with Gasteiger partial charge in [-0.2, -0.15) is 0 Å². The summed E-state index contributed by atoms with van der Waals surface area (Å²) in [6.45, 7) is 3.56. The number of ether oxygens (including phenoxy) is 7. The Hall–Kier alpha value is -6.39. The summed E-state index contributed by atoms with van der Waals surface area (Å²) in [5.74, 6) is -3.97. The van der Waals surface area contributed by atoms with Crippen LogP contribution in [-0.4, -0.2) is 37.3 Å². The van der Waals surface area contributed by atoms with E-state index in [0.29, 0.717) is 69.4 Å². The number of methoxy groups -OCH3 is 3. The number of allylic oxidation sites excluding steroid dienone is 2. The van der Waals surface area contributed by atoms with E-state index in [1.807, 2.05) is 84.9 Å². The Balaban J connectivity index is 1.32. The number of ketones is 1. The number of phenolic OH excluding ortho intramolecular Hbond substituents is 1. The number of hydrogen-bond donors (Lipinski definition) is 2. The van der Waals surface area contributed by atoms with Gasteiger partial charge in [-0.15, -0.1) is 0 Å². The van der Waals surface area contributed by atoms with Crippen molar-refractivity contribution in [3.05, 3.63) is 165 Å². The Morgan fingerprint density at radius 1 is 0.767 bits per heavy atom. The Morgan fingerprint density at radius 2 is 1.43 bits per heavy atom. The lowest BCUT2D eigenvalue weighted by molar-refractivity contribution is -0.254. The van der Waals surface area contributed by atoms with E-state index in [-0.39, 0.29) is 29.1 Å². The molecule has 1 saturated heterocycles. The second kappa shape index (κ2) is 12.8. The highest BCUT2D eigenvalue weighted by molar-refractivity contribution is 6.06. The minimum Gasteiger partial charge on any atom is -0.507 e. The average molecular weight is 805 g/mol. The van der Waals surface area contributed by atoms with E-state index in [0.717, 1.165) is 16.7 Å². The van der Waals surface area contributed by atoms with Crippen molar-refractivity contribution in [2.24, 2.45) is 17.3 Å². The summed E-state index contributed by atoms with van der Waals surface area (Å²) in [6, 6.07) is 32.6. The second-order valence-corrected chi connectivity index (χ2v) is 16.6. The SMILES string of the molecule is COC1=C(C)C(=O)C=C2O[C@]3(c4ccccc4)Oc4cc(OC)c5c(c4C4C3[C@@H]3c6c(cc(O)c(C)c6OC)O[C@](O)(c6ccccc6)C3[C@]214)O[C@H](c1ccccc1)CC5. The quantitative estimate of drug-likeness (QED) is 0.172. The Kier molecular flexibility index (Phi) is 7.83. The number of carbonyl (C=O) groups is 1. The molecule has 60 heavy (non-hydrogen) atoms. The Labute approximate surface area is 347 Å². The van der Waals surface area contributed by atoms with Crippen molar-refractivity contribution >= 4 is 5.78 Å². The molecule has 0 amide bonds. The molecule has 4 aliphatic heterocycles. The fraction of sp³-hybridized carbons (Fsp3) is 0.300. The number of aliphatic hydroxyl groups is 1. The summed E-state index contributed by atoms with van der Waals surface area (Å²) in [6.07, 6.45) is 2.62. The standard InChI is InChI=1S/C50H44O10/c1-26-32(51)23-36-39(44(26)55-4)41-43-42-40-37(25-35(54-3)31-21-22-34(57-45(31)40)28-15-9-6-10-16-28)59-50(43,30-19-13-8-14-20-30)60-38-24-33(52)27(2)47(56-5)48(38,42)46(41)49(53,58-36)29-17-11-7-12-18-29/h6-20,23-25,34,41-43,46,51,53H,21-22H2,1-5H3/t34-,41-,42?,43?,46?,48+,49+,50-/m0/s1. The van der Waals surface area contributed by atoms with E-state index in [4.69, 9.17) is 33.2 Å². The van der Waals surface area contributed by atoms with Gasteiger partial charge in [0.15, 0.2) is 5.78 Å². The van der Waals surface area contributed by atoms with Crippen LogP contribution in [0.4, 0.5) is 0 Å². The van der Waals surface area contributed by atoms with E-state index in [2.05, 4.69) is 12.1 Å². The number of fused-ring (bicyclic) bond motifs is 6. The molecule has 10 heteroatoms. The molecule has 10 nitrogen and oxygen atoms in total. The predicted octanol–water partition coefficient (Wildman–Crippen LogP) is 8.78. The molecule has 2 aliphatic carbocycles. The van der Waals surface area contributed by atoms with Gasteiger partial charge >= 0.3 is 0 Å². The van der Waals surface area contributed by atoms with Crippen LogP contribution in [0, 0.1) is 24.2 Å². The third-order valence-electron chi connectivity index (χ3n) is 14.1. The highest BCUT2D eigenvalue weighted by Gasteiger charge is 2.84. The molecule has 4 bridgehead atoms. The van der Waals surface area contributed by atoms with E-state index >= 15 is 0 Å². The molecule has 11 rings (SSSR count). The molecular weight excluding hydrogens is 761 g/mol. The largest absolute Gasteiger partial charge is 0.507 e. The smallest absolute Gasteiger partial charge is 0.281 e. The summed E-state index contributed by atoms with van der Waals surface area (Å²) < 4.78 is 48.1. The summed E-state index contributed by atoms with van der Waals surface area (Å²) >= 11 is 0. The van der Waals surface area contributed by atoms with E-state index in [1.54, 1.807) is 47.3 Å². The van der Waals surface area contributed by atoms with Crippen LogP contribution in [0.1, 0.15) is 70.2 Å². The maximum Gasteiger partial charge on any atom is 0.281 e. The molecule has 0 radical (unpaired) electrons. The highest BCUT2D eigenvalue weighted by Crippen LogP contribution is 2.84. The van der Waals surface area contributed by atoms with Gasteiger partial charge in [-0.3, -0.25) is 4.79 Å². The van der Waals surface area contributed by atoms with Crippen LogP contribution in [0.5, 0.6) is 34.5 Å². The molecule has 4 heterocycles. The van der Waals surface area contributed by atoms with Crippen molar-refractivity contribution in [2.75, 3.05) is 21.3 Å². The Morgan fingerprint density at radius 3 is 2.10 bits per heavy atom. The molecule has 3 unspecified atom stereocenters. The van der Waals surface area contributed by atoms with E-state index in [9.17, 15) is 15.0 Å². The fourth-order valence-corrected chi connectivity index (χ4v) is 11.8. The first-order valence-corrected chi connectivity index (χ1v) is 20.4. The minimum atomic E-state index is -2.11. The summed E-state index contributed by atoms with van der Waals surface area (Å²) in [5, 5.41) is 25.3. The van der Waals surface area contributed by atoms with Crippen LogP contribution in [0.2, 0.25) is 0 Å². The van der Waals surface area contributed by atoms with Crippen molar-refractivity contribution < 1.29 is 48.2 Å². The summed E-state index contributed by atoms with van der Waals surface area (Å²) in [7, 11) is 4.79. The number of carbonyl (C=O) groups excluding carboxylic acids is 1. The lowest BCUT2D eigenvalue weighted by Gasteiger charge is -2.57. The molecule has 8 atom stereocenters. The maximum absolute atomic E-state index is 14.3. The van der Waals surface area contributed by atoms with Crippen LogP contribution in [0.15, 0.2) is 126 Å². The van der Waals surface area contributed by atoms with Gasteiger partial charge in [0.1, 0.15) is 57.5 Å². The molecule has 2 N–H and O–H groups in total. The molecule has 0 aromatic heterocycles. The van der Waals surface area contributed by atoms with Crippen LogP contribution < -0.4 is 23.7 Å². The zero-order valence-electron chi connectivity index (χ0n) is 33.9. The van der Waals surface area contributed by atoms with Crippen LogP contribution >= 0.6 is 0 Å². The molecule has 1 spiro atoms. The van der Waals surface area contributed by atoms with Crippen LogP contribution in [0.3, 0.4) is 0 Å². The number of aromatic hydroxyl groups is 1. The predicted molar refractivity (Wildman–Crippen MR) is 219 cm³/mol. The number of rotatable bonds is 6. The van der Waals surface area contributed by atoms with Crippen LogP contribution in [-0.2, 0) is 32.3 Å². The van der Waals surface area contributed by atoms with Gasteiger partial charge in [0.2, 0.25) is 5.79 Å². The minimum absolute atomic E-state index is 0.0481. The van der Waals surface area contributed by atoms with Gasteiger partial charge in [-0.25, -0.2) is 0 Å². The normalized spacial score (nSPS) is 30.1. The molecular formula is C50H44O10. The average Bonchev–Trinajstić information content (AvgIpc) is 3.54. The zero-order chi connectivity index (χ0) is 41.3. The molecule has 2 fully saturated rings. The lowest BCUT2D eigenvalue weighted by atomic mass is 9.57.